The lowest BCUT2D eigenvalue weighted by Crippen LogP contribution is -2.49. The van der Waals surface area contributed by atoms with E-state index in [0.717, 1.165) is 19.4 Å². The van der Waals surface area contributed by atoms with Crippen molar-refractivity contribution in [3.05, 3.63) is 30.3 Å². The van der Waals surface area contributed by atoms with E-state index in [-0.39, 0.29) is 12.1 Å². The maximum Gasteiger partial charge on any atom is 0.412 e. The highest BCUT2D eigenvalue weighted by atomic mass is 16.6. The Morgan fingerprint density at radius 2 is 2.12 bits per heavy atom. The molecule has 1 aromatic carbocycles. The lowest BCUT2D eigenvalue weighted by atomic mass is 10.0. The highest BCUT2D eigenvalue weighted by Crippen LogP contribution is 2.10. The third kappa shape index (κ3) is 3.75. The van der Waals surface area contributed by atoms with E-state index >= 15 is 0 Å². The van der Waals surface area contributed by atoms with Gasteiger partial charge in [0.2, 0.25) is 0 Å². The maximum absolute atomic E-state index is 11.6. The zero-order valence-corrected chi connectivity index (χ0v) is 9.98. The van der Waals surface area contributed by atoms with Crippen molar-refractivity contribution in [2.45, 2.75) is 31.8 Å². The number of para-hydroxylation sites is 1. The van der Waals surface area contributed by atoms with Crippen LogP contribution in [0.15, 0.2) is 30.3 Å². The molecule has 0 radical (unpaired) electrons. The summed E-state index contributed by atoms with van der Waals surface area (Å²) >= 11 is 0. The normalized spacial score (nSPS) is 24.1. The van der Waals surface area contributed by atoms with Gasteiger partial charge in [-0.1, -0.05) is 18.2 Å². The van der Waals surface area contributed by atoms with Crippen LogP contribution in [0.4, 0.5) is 4.79 Å². The maximum atomic E-state index is 11.6. The van der Waals surface area contributed by atoms with Crippen LogP contribution in [-0.4, -0.2) is 24.7 Å². The van der Waals surface area contributed by atoms with Crippen LogP contribution in [0.25, 0.3) is 0 Å². The number of carbonyl (C=O) groups excluding carboxylic acids is 1. The van der Waals surface area contributed by atoms with Crippen molar-refractivity contribution in [3.8, 4) is 5.75 Å². The van der Waals surface area contributed by atoms with Gasteiger partial charge in [0.1, 0.15) is 5.75 Å². The van der Waals surface area contributed by atoms with Crippen molar-refractivity contribution in [3.63, 3.8) is 0 Å². The Hall–Kier alpha value is -1.55. The van der Waals surface area contributed by atoms with Crippen LogP contribution in [0.3, 0.4) is 0 Å². The Kier molecular flexibility index (Phi) is 3.98. The number of carbonyl (C=O) groups is 1. The number of nitrogens with one attached hydrogen (secondary N) is 2. The van der Waals surface area contributed by atoms with Crippen LogP contribution in [0, 0.1) is 0 Å². The summed E-state index contributed by atoms with van der Waals surface area (Å²) in [6, 6.07) is 9.80. The lowest BCUT2D eigenvalue weighted by molar-refractivity contribution is 0.191. The molecule has 1 aliphatic rings. The van der Waals surface area contributed by atoms with Crippen LogP contribution in [-0.2, 0) is 0 Å². The second-order valence-corrected chi connectivity index (χ2v) is 4.43. The van der Waals surface area contributed by atoms with Crippen LogP contribution < -0.4 is 15.4 Å². The number of hydrogen-bond donors (Lipinski definition) is 2. The van der Waals surface area contributed by atoms with Crippen molar-refractivity contribution in [1.82, 2.24) is 10.6 Å². The van der Waals surface area contributed by atoms with Gasteiger partial charge in [-0.05, 0) is 31.9 Å². The van der Waals surface area contributed by atoms with E-state index in [9.17, 15) is 4.79 Å². The van der Waals surface area contributed by atoms with Gasteiger partial charge >= 0.3 is 6.09 Å². The molecule has 1 amide bonds. The van der Waals surface area contributed by atoms with Gasteiger partial charge < -0.3 is 15.4 Å². The molecule has 92 valence electrons. The number of amides is 1. The standard InChI is InChI=1S/C13H18N2O2/c1-10-7-8-11(9-14-10)15-13(16)17-12-5-3-2-4-6-12/h2-6,10-11,14H,7-9H2,1H3,(H,15,16). The van der Waals surface area contributed by atoms with E-state index < -0.39 is 0 Å². The van der Waals surface area contributed by atoms with E-state index in [1.165, 1.54) is 0 Å². The first kappa shape index (κ1) is 11.9. The molecule has 2 rings (SSSR count). The average Bonchev–Trinajstić information content (AvgIpc) is 2.33. The molecular weight excluding hydrogens is 216 g/mol. The molecule has 4 heteroatoms. The molecule has 2 N–H and O–H groups in total. The summed E-state index contributed by atoms with van der Waals surface area (Å²) in [7, 11) is 0. The second-order valence-electron chi connectivity index (χ2n) is 4.43. The summed E-state index contributed by atoms with van der Waals surface area (Å²) in [5, 5.41) is 6.20. The minimum Gasteiger partial charge on any atom is -0.410 e. The minimum atomic E-state index is -0.377. The summed E-state index contributed by atoms with van der Waals surface area (Å²) in [6.07, 6.45) is 1.70. The smallest absolute Gasteiger partial charge is 0.410 e. The third-order valence-corrected chi connectivity index (χ3v) is 2.94. The SMILES string of the molecule is CC1CCC(NC(=O)Oc2ccccc2)CN1. The Balaban J connectivity index is 1.78. The number of hydrogen-bond acceptors (Lipinski definition) is 3. The van der Waals surface area contributed by atoms with Gasteiger partial charge in [-0.15, -0.1) is 0 Å². The molecule has 1 saturated heterocycles. The van der Waals surface area contributed by atoms with Gasteiger partial charge in [-0.25, -0.2) is 4.79 Å². The molecule has 0 aromatic heterocycles. The first-order chi connectivity index (χ1) is 8.24. The third-order valence-electron chi connectivity index (χ3n) is 2.94. The second kappa shape index (κ2) is 5.68. The van der Waals surface area contributed by atoms with Gasteiger partial charge in [0.15, 0.2) is 0 Å². The first-order valence-electron chi connectivity index (χ1n) is 6.01. The highest BCUT2D eigenvalue weighted by Gasteiger charge is 2.19. The topological polar surface area (TPSA) is 50.4 Å². The van der Waals surface area contributed by atoms with Crippen molar-refractivity contribution in [2.24, 2.45) is 0 Å². The van der Waals surface area contributed by atoms with Gasteiger partial charge in [0.05, 0.1) is 0 Å². The molecule has 17 heavy (non-hydrogen) atoms. The largest absolute Gasteiger partial charge is 0.412 e. The van der Waals surface area contributed by atoms with Crippen LogP contribution in [0.2, 0.25) is 0 Å². The van der Waals surface area contributed by atoms with Gasteiger partial charge in [-0.3, -0.25) is 0 Å². The van der Waals surface area contributed by atoms with Crippen LogP contribution in [0.5, 0.6) is 5.75 Å². The first-order valence-corrected chi connectivity index (χ1v) is 6.01. The molecule has 0 spiro atoms. The Morgan fingerprint density at radius 1 is 1.35 bits per heavy atom. The molecule has 1 aliphatic heterocycles. The molecule has 2 unspecified atom stereocenters. The molecule has 0 saturated carbocycles. The molecule has 1 heterocycles. The van der Waals surface area contributed by atoms with E-state index in [1.807, 2.05) is 18.2 Å². The Bertz CT molecular complexity index is 359. The van der Waals surface area contributed by atoms with E-state index in [4.69, 9.17) is 4.74 Å². The van der Waals surface area contributed by atoms with Crippen LogP contribution >= 0.6 is 0 Å². The minimum absolute atomic E-state index is 0.169. The van der Waals surface area contributed by atoms with Crippen molar-refractivity contribution >= 4 is 6.09 Å². The molecule has 2 atom stereocenters. The molecular formula is C13H18N2O2. The number of piperidine rings is 1. The monoisotopic (exact) mass is 234 g/mol. The fourth-order valence-corrected chi connectivity index (χ4v) is 1.91. The predicted molar refractivity (Wildman–Crippen MR) is 66.1 cm³/mol. The molecule has 0 bridgehead atoms. The zero-order valence-electron chi connectivity index (χ0n) is 9.98. The summed E-state index contributed by atoms with van der Waals surface area (Å²) in [4.78, 5) is 11.6. The van der Waals surface area contributed by atoms with E-state index in [2.05, 4.69) is 17.6 Å². The number of rotatable bonds is 2. The van der Waals surface area contributed by atoms with Crippen molar-refractivity contribution in [1.29, 1.82) is 0 Å². The summed E-state index contributed by atoms with van der Waals surface area (Å²) < 4.78 is 5.17. The van der Waals surface area contributed by atoms with Gasteiger partial charge in [0, 0.05) is 18.6 Å². The summed E-state index contributed by atoms with van der Waals surface area (Å²) in [6.45, 7) is 2.96. The Morgan fingerprint density at radius 3 is 2.76 bits per heavy atom. The van der Waals surface area contributed by atoms with E-state index in [1.54, 1.807) is 12.1 Å². The van der Waals surface area contributed by atoms with Gasteiger partial charge in [0.25, 0.3) is 0 Å². The summed E-state index contributed by atoms with van der Waals surface area (Å²) in [5.74, 6) is 0.571. The zero-order chi connectivity index (χ0) is 12.1. The fourth-order valence-electron chi connectivity index (χ4n) is 1.91. The molecule has 4 nitrogen and oxygen atoms in total. The number of benzene rings is 1. The Labute approximate surface area is 101 Å². The predicted octanol–water partition coefficient (Wildman–Crippen LogP) is 1.92. The summed E-state index contributed by atoms with van der Waals surface area (Å²) in [5.41, 5.74) is 0. The quantitative estimate of drug-likeness (QED) is 0.822. The van der Waals surface area contributed by atoms with Crippen LogP contribution in [0.1, 0.15) is 19.8 Å². The average molecular weight is 234 g/mol. The van der Waals surface area contributed by atoms with E-state index in [0.29, 0.717) is 11.8 Å². The molecule has 0 aliphatic carbocycles. The molecule has 1 fully saturated rings. The lowest BCUT2D eigenvalue weighted by Gasteiger charge is -2.27. The fraction of sp³-hybridized carbons (Fsp3) is 0.462. The van der Waals surface area contributed by atoms with Gasteiger partial charge in [-0.2, -0.15) is 0 Å². The molecule has 1 aromatic rings. The number of ether oxygens (including phenoxy) is 1. The highest BCUT2D eigenvalue weighted by molar-refractivity contribution is 5.70. The van der Waals surface area contributed by atoms with Crippen molar-refractivity contribution in [2.75, 3.05) is 6.54 Å². The van der Waals surface area contributed by atoms with Crippen molar-refractivity contribution < 1.29 is 9.53 Å².